The van der Waals surface area contributed by atoms with E-state index in [1.165, 1.54) is 4.31 Å². The van der Waals surface area contributed by atoms with Gasteiger partial charge in [0.15, 0.2) is 0 Å². The van der Waals surface area contributed by atoms with E-state index >= 15 is 0 Å². The van der Waals surface area contributed by atoms with Gasteiger partial charge in [0.05, 0.1) is 13.2 Å². The van der Waals surface area contributed by atoms with Gasteiger partial charge in [0.25, 0.3) is 10.2 Å². The van der Waals surface area contributed by atoms with E-state index in [1.807, 2.05) is 6.92 Å². The minimum atomic E-state index is -3.35. The first kappa shape index (κ1) is 14.2. The fourth-order valence-corrected chi connectivity index (χ4v) is 3.12. The van der Waals surface area contributed by atoms with Crippen LogP contribution in [-0.2, 0) is 14.9 Å². The lowest BCUT2D eigenvalue weighted by Crippen LogP contribution is -2.48. The average molecular weight is 271 g/mol. The van der Waals surface area contributed by atoms with Gasteiger partial charge >= 0.3 is 0 Å². The number of ether oxygens (including phenoxy) is 1. The number of alkyl halides is 1. The highest BCUT2D eigenvalue weighted by atomic mass is 35.5. The lowest BCUT2D eigenvalue weighted by molar-refractivity contribution is 0.0723. The van der Waals surface area contributed by atoms with Crippen LogP contribution in [0.5, 0.6) is 0 Å². The van der Waals surface area contributed by atoms with Crippen LogP contribution in [0.1, 0.15) is 19.8 Å². The number of rotatable bonds is 6. The summed E-state index contributed by atoms with van der Waals surface area (Å²) in [7, 11) is -3.35. The highest BCUT2D eigenvalue weighted by Crippen LogP contribution is 2.06. The van der Waals surface area contributed by atoms with Crippen LogP contribution in [0, 0.1) is 0 Å². The molecule has 7 heteroatoms. The van der Waals surface area contributed by atoms with E-state index in [0.717, 1.165) is 12.8 Å². The molecule has 1 fully saturated rings. The molecule has 1 rings (SSSR count). The van der Waals surface area contributed by atoms with Crippen molar-refractivity contribution in [2.75, 3.05) is 32.2 Å². The summed E-state index contributed by atoms with van der Waals surface area (Å²) in [5, 5.41) is 0. The van der Waals surface area contributed by atoms with E-state index in [0.29, 0.717) is 32.2 Å². The zero-order chi connectivity index (χ0) is 12.0. The molecule has 0 spiro atoms. The van der Waals surface area contributed by atoms with Crippen molar-refractivity contribution in [2.24, 2.45) is 0 Å². The van der Waals surface area contributed by atoms with E-state index < -0.39 is 10.2 Å². The Morgan fingerprint density at radius 1 is 1.44 bits per heavy atom. The normalized spacial score (nSPS) is 20.9. The van der Waals surface area contributed by atoms with Crippen molar-refractivity contribution in [1.29, 1.82) is 0 Å². The maximum atomic E-state index is 11.9. The third-order valence-corrected chi connectivity index (χ3v) is 4.44. The summed E-state index contributed by atoms with van der Waals surface area (Å²) in [6.45, 7) is 3.65. The second-order valence-electron chi connectivity index (χ2n) is 3.87. The Kier molecular flexibility index (Phi) is 5.99. The summed E-state index contributed by atoms with van der Waals surface area (Å²) in [6, 6.07) is -0.0772. The minimum absolute atomic E-state index is 0.0772. The lowest BCUT2D eigenvalue weighted by atomic mass is 10.2. The molecule has 16 heavy (non-hydrogen) atoms. The monoisotopic (exact) mass is 270 g/mol. The second kappa shape index (κ2) is 6.76. The third kappa shape index (κ3) is 4.55. The van der Waals surface area contributed by atoms with E-state index in [9.17, 15) is 8.42 Å². The van der Waals surface area contributed by atoms with Crippen molar-refractivity contribution >= 4 is 21.8 Å². The number of nitrogens with zero attached hydrogens (tertiary/aromatic N) is 1. The standard InChI is InChI=1S/C9H19ClN2O3S/c1-9(3-2-4-10)11-16(13,14)12-5-7-15-8-6-12/h9,11H,2-8H2,1H3. The Labute approximate surface area is 102 Å². The summed E-state index contributed by atoms with van der Waals surface area (Å²) >= 11 is 5.56. The maximum Gasteiger partial charge on any atom is 0.279 e. The fourth-order valence-electron chi connectivity index (χ4n) is 1.56. The predicted octanol–water partition coefficient (Wildman–Crippen LogP) is 0.560. The third-order valence-electron chi connectivity index (χ3n) is 2.43. The lowest BCUT2D eigenvalue weighted by Gasteiger charge is -2.27. The molecule has 1 aliphatic heterocycles. The first-order chi connectivity index (χ1) is 7.56. The Bertz CT molecular complexity index is 291. The molecule has 1 heterocycles. The van der Waals surface area contributed by atoms with E-state index in [4.69, 9.17) is 16.3 Å². The Morgan fingerprint density at radius 3 is 2.62 bits per heavy atom. The zero-order valence-electron chi connectivity index (χ0n) is 9.49. The quantitative estimate of drug-likeness (QED) is 0.718. The van der Waals surface area contributed by atoms with Gasteiger partial charge in [-0.2, -0.15) is 17.4 Å². The molecule has 0 saturated carbocycles. The van der Waals surface area contributed by atoms with Crippen LogP contribution in [0.15, 0.2) is 0 Å². The molecule has 0 bridgehead atoms. The number of halogens is 1. The van der Waals surface area contributed by atoms with Crippen molar-refractivity contribution in [3.05, 3.63) is 0 Å². The molecule has 0 amide bonds. The first-order valence-electron chi connectivity index (χ1n) is 5.47. The van der Waals surface area contributed by atoms with Crippen LogP contribution in [-0.4, -0.2) is 50.9 Å². The van der Waals surface area contributed by atoms with Gasteiger partial charge in [-0.25, -0.2) is 0 Å². The van der Waals surface area contributed by atoms with Crippen molar-refractivity contribution in [3.63, 3.8) is 0 Å². The topological polar surface area (TPSA) is 58.6 Å². The Hall–Kier alpha value is 0.120. The predicted molar refractivity (Wildman–Crippen MR) is 63.9 cm³/mol. The fraction of sp³-hybridized carbons (Fsp3) is 1.00. The molecule has 0 aromatic rings. The molecule has 1 unspecified atom stereocenters. The molecule has 0 aromatic carbocycles. The van der Waals surface area contributed by atoms with Gasteiger partial charge in [-0.05, 0) is 19.8 Å². The van der Waals surface area contributed by atoms with E-state index in [-0.39, 0.29) is 6.04 Å². The molecular weight excluding hydrogens is 252 g/mol. The SMILES string of the molecule is CC(CCCCl)NS(=O)(=O)N1CCOCC1. The molecule has 96 valence electrons. The van der Waals surface area contributed by atoms with Crippen LogP contribution in [0.2, 0.25) is 0 Å². The second-order valence-corrected chi connectivity index (χ2v) is 5.95. The number of hydrogen-bond donors (Lipinski definition) is 1. The smallest absolute Gasteiger partial charge is 0.279 e. The van der Waals surface area contributed by atoms with Gasteiger partial charge < -0.3 is 4.74 Å². The molecule has 5 nitrogen and oxygen atoms in total. The van der Waals surface area contributed by atoms with Crippen molar-refractivity contribution < 1.29 is 13.2 Å². The summed E-state index contributed by atoms with van der Waals surface area (Å²) in [5.74, 6) is 0.559. The minimum Gasteiger partial charge on any atom is -0.379 e. The highest BCUT2D eigenvalue weighted by molar-refractivity contribution is 7.87. The van der Waals surface area contributed by atoms with Crippen LogP contribution >= 0.6 is 11.6 Å². The number of hydrogen-bond acceptors (Lipinski definition) is 3. The van der Waals surface area contributed by atoms with Gasteiger partial charge in [0, 0.05) is 25.0 Å². The van der Waals surface area contributed by atoms with Crippen LogP contribution < -0.4 is 4.72 Å². The first-order valence-corrected chi connectivity index (χ1v) is 7.45. The van der Waals surface area contributed by atoms with E-state index in [1.54, 1.807) is 0 Å². The van der Waals surface area contributed by atoms with Gasteiger partial charge in [-0.15, -0.1) is 11.6 Å². The van der Waals surface area contributed by atoms with Gasteiger partial charge in [-0.1, -0.05) is 0 Å². The molecule has 1 N–H and O–H groups in total. The maximum absolute atomic E-state index is 11.9. The van der Waals surface area contributed by atoms with Crippen LogP contribution in [0.3, 0.4) is 0 Å². The summed E-state index contributed by atoms with van der Waals surface area (Å²) in [6.07, 6.45) is 1.57. The van der Waals surface area contributed by atoms with Crippen LogP contribution in [0.4, 0.5) is 0 Å². The molecule has 1 aliphatic rings. The van der Waals surface area contributed by atoms with Crippen molar-refractivity contribution in [1.82, 2.24) is 9.03 Å². The average Bonchev–Trinajstić information content (AvgIpc) is 2.27. The molecule has 0 aliphatic carbocycles. The van der Waals surface area contributed by atoms with Gasteiger partial charge in [-0.3, -0.25) is 0 Å². The van der Waals surface area contributed by atoms with Crippen LogP contribution in [0.25, 0.3) is 0 Å². The molecule has 0 radical (unpaired) electrons. The summed E-state index contributed by atoms with van der Waals surface area (Å²) in [5.41, 5.74) is 0. The van der Waals surface area contributed by atoms with Gasteiger partial charge in [0.2, 0.25) is 0 Å². The number of nitrogens with one attached hydrogen (secondary N) is 1. The Balaban J connectivity index is 2.43. The molecule has 0 aromatic heterocycles. The summed E-state index contributed by atoms with van der Waals surface area (Å²) in [4.78, 5) is 0. The van der Waals surface area contributed by atoms with Crippen molar-refractivity contribution in [3.8, 4) is 0 Å². The molecule has 1 saturated heterocycles. The Morgan fingerprint density at radius 2 is 2.06 bits per heavy atom. The zero-order valence-corrected chi connectivity index (χ0v) is 11.1. The summed E-state index contributed by atoms with van der Waals surface area (Å²) < 4.78 is 33.0. The van der Waals surface area contributed by atoms with Crippen molar-refractivity contribution in [2.45, 2.75) is 25.8 Å². The molecular formula is C9H19ClN2O3S. The van der Waals surface area contributed by atoms with Gasteiger partial charge in [0.1, 0.15) is 0 Å². The number of morpholine rings is 1. The molecule has 1 atom stereocenters. The highest BCUT2D eigenvalue weighted by Gasteiger charge is 2.25. The van der Waals surface area contributed by atoms with E-state index in [2.05, 4.69) is 4.72 Å². The largest absolute Gasteiger partial charge is 0.379 e.